The second kappa shape index (κ2) is 9.18. The lowest BCUT2D eigenvalue weighted by Crippen LogP contribution is -2.47. The molecule has 2 heterocycles. The lowest BCUT2D eigenvalue weighted by molar-refractivity contribution is -0.123. The van der Waals surface area contributed by atoms with Crippen molar-refractivity contribution in [3.8, 4) is 5.75 Å². The number of hydrogen-bond acceptors (Lipinski definition) is 3. The van der Waals surface area contributed by atoms with E-state index >= 15 is 0 Å². The first-order valence-electron chi connectivity index (χ1n) is 10.8. The van der Waals surface area contributed by atoms with Gasteiger partial charge in [0.1, 0.15) is 17.5 Å². The molecule has 2 aromatic heterocycles. The molecule has 0 saturated carbocycles. The lowest BCUT2D eigenvalue weighted by Gasteiger charge is -2.17. The summed E-state index contributed by atoms with van der Waals surface area (Å²) in [4.78, 5) is 28.9. The minimum Gasteiger partial charge on any atom is -0.497 e. The van der Waals surface area contributed by atoms with Gasteiger partial charge in [-0.05, 0) is 48.7 Å². The van der Waals surface area contributed by atoms with Gasteiger partial charge in [0.25, 0.3) is 5.91 Å². The van der Waals surface area contributed by atoms with Crippen LogP contribution in [0.25, 0.3) is 21.8 Å². The van der Waals surface area contributed by atoms with Crippen molar-refractivity contribution in [3.05, 3.63) is 66.0 Å². The molecule has 3 N–H and O–H groups in total. The van der Waals surface area contributed by atoms with Crippen LogP contribution in [0.2, 0.25) is 0 Å². The quantitative estimate of drug-likeness (QED) is 0.398. The molecule has 7 nitrogen and oxygen atoms in total. The molecule has 2 amide bonds. The molecule has 166 valence electrons. The lowest BCUT2D eigenvalue weighted by atomic mass is 10.1. The fourth-order valence-corrected chi connectivity index (χ4v) is 4.04. The van der Waals surface area contributed by atoms with Crippen LogP contribution in [-0.2, 0) is 18.3 Å². The Morgan fingerprint density at radius 2 is 1.97 bits per heavy atom. The molecule has 0 fully saturated rings. The van der Waals surface area contributed by atoms with E-state index in [0.717, 1.165) is 33.1 Å². The Balaban J connectivity index is 1.39. The molecule has 7 heteroatoms. The number of ether oxygens (including phenoxy) is 1. The average Bonchev–Trinajstić information content (AvgIpc) is 3.38. The third kappa shape index (κ3) is 4.19. The third-order valence-electron chi connectivity index (χ3n) is 5.88. The molecule has 0 radical (unpaired) electrons. The number of rotatable bonds is 8. The first-order chi connectivity index (χ1) is 15.5. The zero-order valence-electron chi connectivity index (χ0n) is 18.6. The molecular weight excluding hydrogens is 404 g/mol. The van der Waals surface area contributed by atoms with Gasteiger partial charge in [0.15, 0.2) is 0 Å². The van der Waals surface area contributed by atoms with Crippen LogP contribution in [0.5, 0.6) is 5.75 Å². The van der Waals surface area contributed by atoms with Crippen molar-refractivity contribution in [2.24, 2.45) is 7.05 Å². The predicted molar refractivity (Wildman–Crippen MR) is 126 cm³/mol. The number of fused-ring (bicyclic) bond motifs is 2. The second-order valence-electron chi connectivity index (χ2n) is 7.85. The smallest absolute Gasteiger partial charge is 0.268 e. The van der Waals surface area contributed by atoms with Crippen molar-refractivity contribution in [1.29, 1.82) is 0 Å². The number of benzene rings is 2. The van der Waals surface area contributed by atoms with Gasteiger partial charge in [-0.15, -0.1) is 0 Å². The topological polar surface area (TPSA) is 88.2 Å². The molecule has 32 heavy (non-hydrogen) atoms. The highest BCUT2D eigenvalue weighted by atomic mass is 16.5. The molecule has 0 aliphatic rings. The summed E-state index contributed by atoms with van der Waals surface area (Å²) in [6, 6.07) is 15.0. The van der Waals surface area contributed by atoms with E-state index in [4.69, 9.17) is 4.74 Å². The van der Waals surface area contributed by atoms with E-state index in [2.05, 4.69) is 21.7 Å². The van der Waals surface area contributed by atoms with E-state index in [-0.39, 0.29) is 11.8 Å². The highest BCUT2D eigenvalue weighted by molar-refractivity contribution is 6.01. The van der Waals surface area contributed by atoms with Gasteiger partial charge >= 0.3 is 0 Å². The summed E-state index contributed by atoms with van der Waals surface area (Å²) < 4.78 is 7.09. The van der Waals surface area contributed by atoms with Crippen LogP contribution in [-0.4, -0.2) is 41.1 Å². The zero-order valence-corrected chi connectivity index (χ0v) is 18.6. The monoisotopic (exact) mass is 432 g/mol. The van der Waals surface area contributed by atoms with Crippen LogP contribution in [0.15, 0.2) is 54.7 Å². The van der Waals surface area contributed by atoms with Crippen molar-refractivity contribution >= 4 is 33.6 Å². The molecule has 2 aromatic carbocycles. The number of carbonyl (C=O) groups excluding carboxylic acids is 2. The molecule has 4 aromatic rings. The number of aromatic amines is 1. The van der Waals surface area contributed by atoms with Gasteiger partial charge < -0.3 is 24.9 Å². The summed E-state index contributed by atoms with van der Waals surface area (Å²) >= 11 is 0. The van der Waals surface area contributed by atoms with Gasteiger partial charge in [-0.2, -0.15) is 0 Å². The minimum absolute atomic E-state index is 0.180. The van der Waals surface area contributed by atoms with Crippen molar-refractivity contribution in [1.82, 2.24) is 20.2 Å². The minimum atomic E-state index is -0.599. The average molecular weight is 433 g/mol. The molecule has 0 spiro atoms. The van der Waals surface area contributed by atoms with Crippen LogP contribution in [0.1, 0.15) is 29.4 Å². The Hall–Kier alpha value is -3.74. The largest absolute Gasteiger partial charge is 0.497 e. The standard InChI is InChI=1S/C25H28N4O3/c1-4-20(24(30)26-12-11-16-15-27-21-8-6-5-7-19(16)21)28-25(31)23-14-17-13-18(32-3)9-10-22(17)29(23)2/h5-10,13-15,20,27H,4,11-12H2,1-3H3,(H,26,30)(H,28,31). The Kier molecular flexibility index (Phi) is 6.16. The Bertz CT molecular complexity index is 1270. The van der Waals surface area contributed by atoms with Crippen molar-refractivity contribution in [2.75, 3.05) is 13.7 Å². The second-order valence-corrected chi connectivity index (χ2v) is 7.85. The van der Waals surface area contributed by atoms with Crippen LogP contribution in [0, 0.1) is 0 Å². The Morgan fingerprint density at radius 3 is 2.75 bits per heavy atom. The van der Waals surface area contributed by atoms with Crippen molar-refractivity contribution in [3.63, 3.8) is 0 Å². The number of aromatic nitrogens is 2. The summed E-state index contributed by atoms with van der Waals surface area (Å²) in [5.41, 5.74) is 3.66. The fraction of sp³-hybridized carbons (Fsp3) is 0.280. The third-order valence-corrected chi connectivity index (χ3v) is 5.88. The van der Waals surface area contributed by atoms with Gasteiger partial charge in [0.2, 0.25) is 5.91 Å². The number of H-pyrrole nitrogens is 1. The number of hydrogen-bond donors (Lipinski definition) is 3. The summed E-state index contributed by atoms with van der Waals surface area (Å²) in [6.45, 7) is 2.39. The van der Waals surface area contributed by atoms with Crippen LogP contribution < -0.4 is 15.4 Å². The highest BCUT2D eigenvalue weighted by Gasteiger charge is 2.22. The van der Waals surface area contributed by atoms with E-state index in [1.165, 1.54) is 0 Å². The summed E-state index contributed by atoms with van der Waals surface area (Å²) in [6.07, 6.45) is 3.19. The number of nitrogens with zero attached hydrogens (tertiary/aromatic N) is 1. The van der Waals surface area contributed by atoms with Gasteiger partial charge in [-0.25, -0.2) is 0 Å². The van der Waals surface area contributed by atoms with E-state index in [9.17, 15) is 9.59 Å². The van der Waals surface area contributed by atoms with E-state index < -0.39 is 6.04 Å². The number of methoxy groups -OCH3 is 1. The first-order valence-corrected chi connectivity index (χ1v) is 10.8. The summed E-state index contributed by atoms with van der Waals surface area (Å²) in [7, 11) is 3.45. The maximum absolute atomic E-state index is 12.9. The molecule has 0 aliphatic heterocycles. The molecule has 0 saturated heterocycles. The molecular formula is C25H28N4O3. The molecule has 1 atom stereocenters. The van der Waals surface area contributed by atoms with Gasteiger partial charge in [-0.1, -0.05) is 25.1 Å². The zero-order chi connectivity index (χ0) is 22.7. The Morgan fingerprint density at radius 1 is 1.16 bits per heavy atom. The highest BCUT2D eigenvalue weighted by Crippen LogP contribution is 2.24. The number of nitrogens with one attached hydrogen (secondary N) is 3. The maximum Gasteiger partial charge on any atom is 0.268 e. The van der Waals surface area contributed by atoms with E-state index in [0.29, 0.717) is 25.1 Å². The number of para-hydroxylation sites is 1. The van der Waals surface area contributed by atoms with Gasteiger partial charge in [0, 0.05) is 41.6 Å². The summed E-state index contributed by atoms with van der Waals surface area (Å²) in [5.74, 6) is 0.276. The van der Waals surface area contributed by atoms with Gasteiger partial charge in [0.05, 0.1) is 7.11 Å². The maximum atomic E-state index is 12.9. The van der Waals surface area contributed by atoms with Crippen LogP contribution in [0.3, 0.4) is 0 Å². The SMILES string of the molecule is CCC(NC(=O)c1cc2cc(OC)ccc2n1C)C(=O)NCCc1c[nH]c2ccccc12. The fourth-order valence-electron chi connectivity index (χ4n) is 4.04. The Labute approximate surface area is 186 Å². The molecule has 1 unspecified atom stereocenters. The molecule has 4 rings (SSSR count). The van der Waals surface area contributed by atoms with Crippen LogP contribution in [0.4, 0.5) is 0 Å². The van der Waals surface area contributed by atoms with Crippen molar-refractivity contribution in [2.45, 2.75) is 25.8 Å². The number of amides is 2. The molecule has 0 bridgehead atoms. The van der Waals surface area contributed by atoms with Gasteiger partial charge in [-0.3, -0.25) is 9.59 Å². The van der Waals surface area contributed by atoms with E-state index in [1.807, 2.05) is 67.2 Å². The normalized spacial score (nSPS) is 12.1. The number of carbonyl (C=O) groups is 2. The molecule has 0 aliphatic carbocycles. The summed E-state index contributed by atoms with van der Waals surface area (Å²) in [5, 5.41) is 7.91. The number of aryl methyl sites for hydroxylation is 1. The van der Waals surface area contributed by atoms with Crippen LogP contribution >= 0.6 is 0 Å². The van der Waals surface area contributed by atoms with E-state index in [1.54, 1.807) is 7.11 Å². The van der Waals surface area contributed by atoms with Crippen molar-refractivity contribution < 1.29 is 14.3 Å². The predicted octanol–water partition coefficient (Wildman–Crippen LogP) is 3.54. The first kappa shape index (κ1) is 21.5.